The van der Waals surface area contributed by atoms with E-state index in [1.165, 1.54) is 26.6 Å². The van der Waals surface area contributed by atoms with Crippen molar-refractivity contribution in [3.8, 4) is 0 Å². The highest BCUT2D eigenvalue weighted by atomic mass is 16.5. The van der Waals surface area contributed by atoms with Gasteiger partial charge in [0, 0.05) is 20.6 Å². The van der Waals surface area contributed by atoms with Gasteiger partial charge in [0.1, 0.15) is 11.3 Å². The normalized spacial score (nSPS) is 14.1. The van der Waals surface area contributed by atoms with Crippen LogP contribution in [0.25, 0.3) is 11.2 Å². The van der Waals surface area contributed by atoms with Crippen molar-refractivity contribution in [3.63, 3.8) is 0 Å². The fraction of sp³-hybridized carbons (Fsp3) is 0.579. The van der Waals surface area contributed by atoms with Gasteiger partial charge in [-0.3, -0.25) is 4.99 Å². The number of fused-ring (bicyclic) bond motifs is 1. The van der Waals surface area contributed by atoms with E-state index in [4.69, 9.17) is 16.2 Å². The molecule has 0 radical (unpaired) electrons. The zero-order chi connectivity index (χ0) is 24.4. The van der Waals surface area contributed by atoms with Crippen LogP contribution in [-0.4, -0.2) is 80.8 Å². The number of aliphatic imine (C=N–C) groups is 1. The van der Waals surface area contributed by atoms with Crippen molar-refractivity contribution in [1.29, 1.82) is 0 Å². The summed E-state index contributed by atoms with van der Waals surface area (Å²) < 4.78 is 5.45. The maximum absolute atomic E-state index is 13.5. The molecule has 0 saturated carbocycles. The number of hydrogen-bond acceptors (Lipinski definition) is 10. The van der Waals surface area contributed by atoms with Gasteiger partial charge >= 0.3 is 11.9 Å². The number of aromatic nitrogens is 4. The SMILES string of the molecule is CCCCCOC(=O)[C@@](C(=O)O)(C(CCN=C(N)N)c1ncc2[nH]cnc2n1)N(NC)NC. The lowest BCUT2D eigenvalue weighted by atomic mass is 9.80. The molecule has 14 nitrogen and oxygen atoms in total. The minimum atomic E-state index is -2.29. The minimum absolute atomic E-state index is 0.0179. The first-order valence-corrected chi connectivity index (χ1v) is 10.6. The molecule has 0 aliphatic carbocycles. The Bertz CT molecular complexity index is 957. The first-order chi connectivity index (χ1) is 15.8. The number of carbonyl (C=O) groups is 2. The van der Waals surface area contributed by atoms with Crippen LogP contribution in [0.3, 0.4) is 0 Å². The van der Waals surface area contributed by atoms with E-state index >= 15 is 0 Å². The number of unbranched alkanes of at least 4 members (excludes halogenated alkanes) is 2. The third kappa shape index (κ3) is 5.71. The van der Waals surface area contributed by atoms with Gasteiger partial charge < -0.3 is 26.3 Å². The van der Waals surface area contributed by atoms with Gasteiger partial charge in [0.05, 0.1) is 25.0 Å². The number of carboxylic acid groups (broad SMARTS) is 1. The summed E-state index contributed by atoms with van der Waals surface area (Å²) in [5.74, 6) is -3.66. The maximum Gasteiger partial charge on any atom is 0.342 e. The second-order valence-electron chi connectivity index (χ2n) is 7.21. The van der Waals surface area contributed by atoms with Crippen molar-refractivity contribution in [2.24, 2.45) is 16.5 Å². The summed E-state index contributed by atoms with van der Waals surface area (Å²) >= 11 is 0. The molecular formula is C19H32N10O4. The Morgan fingerprint density at radius 1 is 1.30 bits per heavy atom. The molecule has 0 aliphatic heterocycles. The van der Waals surface area contributed by atoms with Crippen molar-refractivity contribution < 1.29 is 19.4 Å². The van der Waals surface area contributed by atoms with Gasteiger partial charge in [0.25, 0.3) is 5.54 Å². The van der Waals surface area contributed by atoms with Gasteiger partial charge in [0.2, 0.25) is 0 Å². The van der Waals surface area contributed by atoms with Crippen molar-refractivity contribution in [3.05, 3.63) is 18.3 Å². The van der Waals surface area contributed by atoms with E-state index < -0.39 is 23.4 Å². The lowest BCUT2D eigenvalue weighted by Crippen LogP contribution is -2.71. The molecule has 1 unspecified atom stereocenters. The summed E-state index contributed by atoms with van der Waals surface area (Å²) in [6.07, 6.45) is 5.29. The van der Waals surface area contributed by atoms with Crippen LogP contribution in [0, 0.1) is 0 Å². The van der Waals surface area contributed by atoms with E-state index in [1.807, 2.05) is 6.92 Å². The monoisotopic (exact) mass is 464 g/mol. The first kappa shape index (κ1) is 25.9. The number of esters is 1. The smallest absolute Gasteiger partial charge is 0.342 e. The quantitative estimate of drug-likeness (QED) is 0.0508. The molecular weight excluding hydrogens is 432 g/mol. The van der Waals surface area contributed by atoms with Gasteiger partial charge in [-0.05, 0) is 12.8 Å². The largest absolute Gasteiger partial charge is 0.479 e. The minimum Gasteiger partial charge on any atom is -0.479 e. The molecule has 0 spiro atoms. The lowest BCUT2D eigenvalue weighted by Gasteiger charge is -2.41. The van der Waals surface area contributed by atoms with Crippen LogP contribution < -0.4 is 22.3 Å². The number of carboxylic acids is 1. The highest BCUT2D eigenvalue weighted by Crippen LogP contribution is 2.35. The number of nitrogens with zero attached hydrogens (tertiary/aromatic N) is 5. The van der Waals surface area contributed by atoms with E-state index in [0.29, 0.717) is 17.6 Å². The average molecular weight is 465 g/mol. The van der Waals surface area contributed by atoms with Crippen molar-refractivity contribution in [2.45, 2.75) is 44.1 Å². The highest BCUT2D eigenvalue weighted by molar-refractivity contribution is 6.05. The molecule has 0 amide bonds. The van der Waals surface area contributed by atoms with Crippen LogP contribution in [0.15, 0.2) is 17.5 Å². The molecule has 14 heteroatoms. The number of aliphatic carboxylic acids is 1. The summed E-state index contributed by atoms with van der Waals surface area (Å²) in [7, 11) is 2.95. The molecule has 0 fully saturated rings. The van der Waals surface area contributed by atoms with Crippen molar-refractivity contribution >= 4 is 29.1 Å². The molecule has 0 aliphatic rings. The molecule has 182 valence electrons. The first-order valence-electron chi connectivity index (χ1n) is 10.6. The number of hydrazine groups is 2. The number of ether oxygens (including phenoxy) is 1. The molecule has 0 aromatic carbocycles. The van der Waals surface area contributed by atoms with Gasteiger partial charge in [-0.25, -0.2) is 35.4 Å². The number of imidazole rings is 1. The number of hydrogen-bond donors (Lipinski definition) is 6. The van der Waals surface area contributed by atoms with Crippen LogP contribution in [-0.2, 0) is 14.3 Å². The fourth-order valence-electron chi connectivity index (χ4n) is 3.58. The zero-order valence-corrected chi connectivity index (χ0v) is 19.0. The number of carbonyl (C=O) groups excluding carboxylic acids is 1. The summed E-state index contributed by atoms with van der Waals surface area (Å²) in [6, 6.07) is 0. The number of aromatic amines is 1. The van der Waals surface area contributed by atoms with E-state index in [-0.39, 0.29) is 31.4 Å². The van der Waals surface area contributed by atoms with E-state index in [9.17, 15) is 14.7 Å². The van der Waals surface area contributed by atoms with Crippen LogP contribution in [0.1, 0.15) is 44.3 Å². The van der Waals surface area contributed by atoms with E-state index in [1.54, 1.807) is 0 Å². The predicted molar refractivity (Wildman–Crippen MR) is 121 cm³/mol. The van der Waals surface area contributed by atoms with Crippen LogP contribution in [0.5, 0.6) is 0 Å². The summed E-state index contributed by atoms with van der Waals surface area (Å²) in [4.78, 5) is 46.0. The molecule has 8 N–H and O–H groups in total. The average Bonchev–Trinajstić information content (AvgIpc) is 3.25. The lowest BCUT2D eigenvalue weighted by molar-refractivity contribution is -0.182. The standard InChI is InChI=1S/C19H32N10O4/c1-4-5-6-9-33-17(32)19(16(30)31,29(22-2)23-3)12(7-8-24-18(20)21)14-25-10-13-15(28-14)27-11-26-13/h10-12,22-23H,4-9H2,1-3H3,(H,30,31)(H4,20,21,24)(H,25,26,27,28)/t12?,19-/m0/s1. The van der Waals surface area contributed by atoms with E-state index in [0.717, 1.165) is 18.0 Å². The third-order valence-corrected chi connectivity index (χ3v) is 5.14. The topological polar surface area (TPSA) is 210 Å². The van der Waals surface area contributed by atoms with Crippen molar-refractivity contribution in [2.75, 3.05) is 27.2 Å². The van der Waals surface area contributed by atoms with Gasteiger partial charge in [-0.1, -0.05) is 19.8 Å². The molecule has 2 aromatic rings. The van der Waals surface area contributed by atoms with Crippen LogP contribution >= 0.6 is 0 Å². The molecule has 2 atom stereocenters. The van der Waals surface area contributed by atoms with Gasteiger partial charge in [0.15, 0.2) is 11.6 Å². The number of rotatable bonds is 14. The summed E-state index contributed by atoms with van der Waals surface area (Å²) in [5.41, 5.74) is 14.9. The molecule has 33 heavy (non-hydrogen) atoms. The Balaban J connectivity index is 2.63. The van der Waals surface area contributed by atoms with E-state index in [2.05, 4.69) is 35.8 Å². The van der Waals surface area contributed by atoms with Crippen molar-refractivity contribution in [1.82, 2.24) is 35.9 Å². The van der Waals surface area contributed by atoms with Gasteiger partial charge in [-0.15, -0.1) is 0 Å². The second kappa shape index (κ2) is 12.0. The maximum atomic E-state index is 13.5. The molecule has 2 aromatic heterocycles. The highest BCUT2D eigenvalue weighted by Gasteiger charge is 2.60. The zero-order valence-electron chi connectivity index (χ0n) is 19.0. The second-order valence-corrected chi connectivity index (χ2v) is 7.21. The molecule has 0 bridgehead atoms. The Kier molecular flexibility index (Phi) is 9.44. The van der Waals surface area contributed by atoms with Crippen LogP contribution in [0.4, 0.5) is 0 Å². The Hall–Kier alpha value is -3.36. The predicted octanol–water partition coefficient (Wildman–Crippen LogP) is -0.772. The van der Waals surface area contributed by atoms with Crippen LogP contribution in [0.2, 0.25) is 0 Å². The summed E-state index contributed by atoms with van der Waals surface area (Å²) in [6.45, 7) is 2.10. The Labute approximate surface area is 191 Å². The number of guanidine groups is 1. The fourth-order valence-corrected chi connectivity index (χ4v) is 3.58. The van der Waals surface area contributed by atoms with Gasteiger partial charge in [-0.2, -0.15) is 5.12 Å². The molecule has 2 rings (SSSR count). The Morgan fingerprint density at radius 3 is 2.64 bits per heavy atom. The number of nitrogens with one attached hydrogen (secondary N) is 3. The third-order valence-electron chi connectivity index (χ3n) is 5.14. The molecule has 0 saturated heterocycles. The number of nitrogens with two attached hydrogens (primary N) is 2. The summed E-state index contributed by atoms with van der Waals surface area (Å²) in [5, 5.41) is 11.5. The Morgan fingerprint density at radius 2 is 2.03 bits per heavy atom. The number of H-pyrrole nitrogens is 1. The molecule has 2 heterocycles.